The molecule has 1 amide bonds. The number of hydrogen-bond acceptors (Lipinski definition) is 4. The van der Waals surface area contributed by atoms with Gasteiger partial charge in [-0.25, -0.2) is 0 Å². The summed E-state index contributed by atoms with van der Waals surface area (Å²) >= 11 is 0. The molecule has 0 spiro atoms. The predicted octanol–water partition coefficient (Wildman–Crippen LogP) is 0.841. The number of aromatic amines is 1. The van der Waals surface area contributed by atoms with Crippen molar-refractivity contribution in [3.63, 3.8) is 0 Å². The summed E-state index contributed by atoms with van der Waals surface area (Å²) in [5.74, 6) is 0.0899. The molecular formula is C15H27N5O. The molecule has 0 aliphatic carbocycles. The molecule has 1 aromatic heterocycles. The van der Waals surface area contributed by atoms with Crippen molar-refractivity contribution in [2.45, 2.75) is 33.2 Å². The molecule has 0 saturated carbocycles. The van der Waals surface area contributed by atoms with Crippen LogP contribution >= 0.6 is 0 Å². The van der Waals surface area contributed by atoms with E-state index in [1.165, 1.54) is 0 Å². The molecule has 1 fully saturated rings. The number of H-pyrrole nitrogens is 1. The van der Waals surface area contributed by atoms with E-state index in [0.29, 0.717) is 6.54 Å². The van der Waals surface area contributed by atoms with E-state index in [9.17, 15) is 4.79 Å². The SMILES string of the molecule is Cc1n[nH]c(C)c1[C@@H](C)NC(=O)CN1CCCN(C)CC1. The summed E-state index contributed by atoms with van der Waals surface area (Å²) in [5.41, 5.74) is 3.08. The van der Waals surface area contributed by atoms with E-state index >= 15 is 0 Å². The number of amides is 1. The Bertz CT molecular complexity index is 465. The molecule has 1 aromatic rings. The van der Waals surface area contributed by atoms with Gasteiger partial charge in [0.1, 0.15) is 0 Å². The molecule has 1 aliphatic rings. The zero-order valence-electron chi connectivity index (χ0n) is 13.6. The maximum atomic E-state index is 12.2. The van der Waals surface area contributed by atoms with Crippen LogP contribution in [0.2, 0.25) is 0 Å². The van der Waals surface area contributed by atoms with E-state index in [4.69, 9.17) is 0 Å². The van der Waals surface area contributed by atoms with Gasteiger partial charge in [0, 0.05) is 24.3 Å². The Labute approximate surface area is 126 Å². The van der Waals surface area contributed by atoms with E-state index in [1.54, 1.807) is 0 Å². The van der Waals surface area contributed by atoms with Crippen molar-refractivity contribution in [3.05, 3.63) is 17.0 Å². The molecule has 6 heteroatoms. The number of nitrogens with zero attached hydrogens (tertiary/aromatic N) is 3. The topological polar surface area (TPSA) is 64.3 Å². The van der Waals surface area contributed by atoms with E-state index in [-0.39, 0.29) is 11.9 Å². The fourth-order valence-electron chi connectivity index (χ4n) is 3.02. The zero-order chi connectivity index (χ0) is 15.4. The van der Waals surface area contributed by atoms with Gasteiger partial charge in [0.05, 0.1) is 18.3 Å². The molecule has 2 N–H and O–H groups in total. The van der Waals surface area contributed by atoms with E-state index < -0.39 is 0 Å². The Morgan fingerprint density at radius 2 is 2.10 bits per heavy atom. The summed E-state index contributed by atoms with van der Waals surface area (Å²) < 4.78 is 0. The van der Waals surface area contributed by atoms with Gasteiger partial charge in [0.25, 0.3) is 0 Å². The van der Waals surface area contributed by atoms with Crippen LogP contribution in [-0.2, 0) is 4.79 Å². The molecule has 0 unspecified atom stereocenters. The first-order chi connectivity index (χ1) is 9.97. The van der Waals surface area contributed by atoms with Gasteiger partial charge in [-0.2, -0.15) is 5.10 Å². The highest BCUT2D eigenvalue weighted by atomic mass is 16.2. The van der Waals surface area contributed by atoms with Crippen molar-refractivity contribution in [1.82, 2.24) is 25.3 Å². The van der Waals surface area contributed by atoms with Crippen LogP contribution in [0.25, 0.3) is 0 Å². The van der Waals surface area contributed by atoms with E-state index in [2.05, 4.69) is 32.4 Å². The van der Waals surface area contributed by atoms with Crippen LogP contribution < -0.4 is 5.32 Å². The van der Waals surface area contributed by atoms with Crippen molar-refractivity contribution in [2.24, 2.45) is 0 Å². The molecule has 2 rings (SSSR count). The summed E-state index contributed by atoms with van der Waals surface area (Å²) in [4.78, 5) is 16.8. The Morgan fingerprint density at radius 1 is 1.33 bits per heavy atom. The molecule has 6 nitrogen and oxygen atoms in total. The molecule has 1 atom stereocenters. The van der Waals surface area contributed by atoms with E-state index in [0.717, 1.165) is 49.6 Å². The summed E-state index contributed by atoms with van der Waals surface area (Å²) in [6.45, 7) is 10.5. The minimum atomic E-state index is -0.00842. The third kappa shape index (κ3) is 4.28. The first-order valence-electron chi connectivity index (χ1n) is 7.69. The maximum Gasteiger partial charge on any atom is 0.234 e. The lowest BCUT2D eigenvalue weighted by Crippen LogP contribution is -2.40. The summed E-state index contributed by atoms with van der Waals surface area (Å²) in [6.07, 6.45) is 1.12. The summed E-state index contributed by atoms with van der Waals surface area (Å²) in [6, 6.07) is -0.00842. The Hall–Kier alpha value is -1.40. The molecule has 1 aliphatic heterocycles. The molecule has 21 heavy (non-hydrogen) atoms. The third-order valence-corrected chi connectivity index (χ3v) is 4.17. The highest BCUT2D eigenvalue weighted by Crippen LogP contribution is 2.18. The van der Waals surface area contributed by atoms with Crippen LogP contribution in [0.1, 0.15) is 36.3 Å². The number of carbonyl (C=O) groups is 1. The van der Waals surface area contributed by atoms with Gasteiger partial charge < -0.3 is 10.2 Å². The second kappa shape index (κ2) is 7.04. The standard InChI is InChI=1S/C15H27N5O/c1-11(15-12(2)17-18-13(15)3)16-14(21)10-20-7-5-6-19(4)8-9-20/h11H,5-10H2,1-4H3,(H,16,21)(H,17,18)/t11-/m1/s1. The number of aryl methyl sites for hydroxylation is 2. The number of aromatic nitrogens is 2. The lowest BCUT2D eigenvalue weighted by atomic mass is 10.1. The average molecular weight is 293 g/mol. The maximum absolute atomic E-state index is 12.2. The quantitative estimate of drug-likeness (QED) is 0.863. The highest BCUT2D eigenvalue weighted by molar-refractivity contribution is 5.78. The van der Waals surface area contributed by atoms with Crippen molar-refractivity contribution in [1.29, 1.82) is 0 Å². The molecule has 1 saturated heterocycles. The molecular weight excluding hydrogens is 266 g/mol. The first kappa shape index (κ1) is 16.0. The minimum Gasteiger partial charge on any atom is -0.348 e. The van der Waals surface area contributed by atoms with E-state index in [1.807, 2.05) is 20.8 Å². The van der Waals surface area contributed by atoms with Crippen molar-refractivity contribution in [2.75, 3.05) is 39.8 Å². The number of nitrogens with one attached hydrogen (secondary N) is 2. The van der Waals surface area contributed by atoms with Crippen LogP contribution in [-0.4, -0.2) is 65.7 Å². The molecule has 2 heterocycles. The minimum absolute atomic E-state index is 0.00842. The second-order valence-electron chi connectivity index (χ2n) is 6.07. The predicted molar refractivity (Wildman–Crippen MR) is 83.2 cm³/mol. The van der Waals surface area contributed by atoms with Gasteiger partial charge in [0.2, 0.25) is 5.91 Å². The highest BCUT2D eigenvalue weighted by Gasteiger charge is 2.19. The van der Waals surface area contributed by atoms with Gasteiger partial charge in [0.15, 0.2) is 0 Å². The molecule has 118 valence electrons. The van der Waals surface area contributed by atoms with Gasteiger partial charge in [-0.05, 0) is 47.3 Å². The van der Waals surface area contributed by atoms with Crippen molar-refractivity contribution in [3.8, 4) is 0 Å². The van der Waals surface area contributed by atoms with Crippen LogP contribution in [0, 0.1) is 13.8 Å². The number of hydrogen-bond donors (Lipinski definition) is 2. The fraction of sp³-hybridized carbons (Fsp3) is 0.733. The van der Waals surface area contributed by atoms with Gasteiger partial charge in [-0.3, -0.25) is 14.8 Å². The third-order valence-electron chi connectivity index (χ3n) is 4.17. The van der Waals surface area contributed by atoms with Crippen LogP contribution in [0.4, 0.5) is 0 Å². The normalized spacial score (nSPS) is 19.2. The summed E-state index contributed by atoms with van der Waals surface area (Å²) in [5, 5.41) is 10.2. The zero-order valence-corrected chi connectivity index (χ0v) is 13.6. The van der Waals surface area contributed by atoms with Crippen LogP contribution in [0.5, 0.6) is 0 Å². The van der Waals surface area contributed by atoms with Crippen molar-refractivity contribution < 1.29 is 4.79 Å². The fourth-order valence-corrected chi connectivity index (χ4v) is 3.02. The molecule has 0 radical (unpaired) electrons. The average Bonchev–Trinajstić information content (AvgIpc) is 2.61. The smallest absolute Gasteiger partial charge is 0.234 e. The lowest BCUT2D eigenvalue weighted by molar-refractivity contribution is -0.122. The Morgan fingerprint density at radius 3 is 2.76 bits per heavy atom. The van der Waals surface area contributed by atoms with Crippen LogP contribution in [0.15, 0.2) is 0 Å². The second-order valence-corrected chi connectivity index (χ2v) is 6.07. The number of carbonyl (C=O) groups excluding carboxylic acids is 1. The number of likely N-dealkylation sites (N-methyl/N-ethyl adjacent to an activating group) is 1. The van der Waals surface area contributed by atoms with Gasteiger partial charge in [-0.1, -0.05) is 0 Å². The monoisotopic (exact) mass is 293 g/mol. The lowest BCUT2D eigenvalue weighted by Gasteiger charge is -2.21. The van der Waals surface area contributed by atoms with Crippen LogP contribution in [0.3, 0.4) is 0 Å². The Kier molecular flexibility index (Phi) is 5.36. The first-order valence-corrected chi connectivity index (χ1v) is 7.69. The largest absolute Gasteiger partial charge is 0.348 e. The Balaban J connectivity index is 1.87. The molecule has 0 aromatic carbocycles. The number of rotatable bonds is 4. The van der Waals surface area contributed by atoms with Gasteiger partial charge in [-0.15, -0.1) is 0 Å². The van der Waals surface area contributed by atoms with Gasteiger partial charge >= 0.3 is 0 Å². The molecule has 0 bridgehead atoms. The summed E-state index contributed by atoms with van der Waals surface area (Å²) in [7, 11) is 2.14. The van der Waals surface area contributed by atoms with Crippen molar-refractivity contribution >= 4 is 5.91 Å².